The summed E-state index contributed by atoms with van der Waals surface area (Å²) in [5.74, 6) is 0.341. The van der Waals surface area contributed by atoms with Gasteiger partial charge in [-0.05, 0) is 51.2 Å². The second-order valence-electron chi connectivity index (χ2n) is 7.93. The number of likely N-dealkylation sites (tertiary alicyclic amines) is 1. The predicted octanol–water partition coefficient (Wildman–Crippen LogP) is 4.46. The molecule has 1 aliphatic rings. The fraction of sp³-hybridized carbons (Fsp3) is 0.522. The van der Waals surface area contributed by atoms with E-state index in [0.717, 1.165) is 22.6 Å². The van der Waals surface area contributed by atoms with E-state index in [4.69, 9.17) is 9.15 Å². The van der Waals surface area contributed by atoms with Crippen molar-refractivity contribution in [2.75, 3.05) is 19.7 Å². The maximum Gasteiger partial charge on any atom is 0.409 e. The number of benzene rings is 1. The number of carbonyl (C=O) groups excluding carboxylic acids is 1. The van der Waals surface area contributed by atoms with E-state index < -0.39 is 5.97 Å². The van der Waals surface area contributed by atoms with E-state index in [1.165, 1.54) is 0 Å². The van der Waals surface area contributed by atoms with Gasteiger partial charge in [0.2, 0.25) is 5.89 Å². The first-order valence-electron chi connectivity index (χ1n) is 10.6. The van der Waals surface area contributed by atoms with Gasteiger partial charge in [-0.1, -0.05) is 24.6 Å². The zero-order chi connectivity index (χ0) is 21.7. The molecule has 1 atom stereocenters. The lowest BCUT2D eigenvalue weighted by Gasteiger charge is -2.33. The summed E-state index contributed by atoms with van der Waals surface area (Å²) >= 11 is 0. The number of hydrogen-bond acceptors (Lipinski definition) is 5. The van der Waals surface area contributed by atoms with Crippen LogP contribution in [-0.4, -0.2) is 46.7 Å². The van der Waals surface area contributed by atoms with Crippen molar-refractivity contribution in [3.63, 3.8) is 0 Å². The number of aliphatic carboxylic acids is 1. The fourth-order valence-electron chi connectivity index (χ4n) is 4.08. The van der Waals surface area contributed by atoms with Crippen LogP contribution < -0.4 is 0 Å². The molecule has 0 saturated carbocycles. The van der Waals surface area contributed by atoms with Crippen molar-refractivity contribution in [3.8, 4) is 11.5 Å². The number of ether oxygens (including phenoxy) is 1. The van der Waals surface area contributed by atoms with Gasteiger partial charge in [0, 0.05) is 25.1 Å². The van der Waals surface area contributed by atoms with E-state index in [-0.39, 0.29) is 24.5 Å². The second-order valence-corrected chi connectivity index (χ2v) is 7.93. The van der Waals surface area contributed by atoms with Gasteiger partial charge in [0.1, 0.15) is 5.76 Å². The van der Waals surface area contributed by atoms with Crippen LogP contribution in [0.1, 0.15) is 43.2 Å². The molecule has 1 aliphatic heterocycles. The van der Waals surface area contributed by atoms with E-state index in [9.17, 15) is 14.7 Å². The van der Waals surface area contributed by atoms with Gasteiger partial charge in [-0.25, -0.2) is 9.78 Å². The van der Waals surface area contributed by atoms with Crippen molar-refractivity contribution < 1.29 is 23.8 Å². The third kappa shape index (κ3) is 5.20. The van der Waals surface area contributed by atoms with E-state index in [2.05, 4.69) is 4.98 Å². The summed E-state index contributed by atoms with van der Waals surface area (Å²) in [6.45, 7) is 7.08. The predicted molar refractivity (Wildman–Crippen MR) is 112 cm³/mol. The number of carbonyl (C=O) groups is 2. The van der Waals surface area contributed by atoms with Gasteiger partial charge in [-0.2, -0.15) is 0 Å². The summed E-state index contributed by atoms with van der Waals surface area (Å²) in [4.78, 5) is 29.9. The van der Waals surface area contributed by atoms with E-state index >= 15 is 0 Å². The maximum atomic E-state index is 12.4. The van der Waals surface area contributed by atoms with Crippen LogP contribution in [0, 0.1) is 25.7 Å². The summed E-state index contributed by atoms with van der Waals surface area (Å²) in [6, 6.07) is 7.96. The van der Waals surface area contributed by atoms with Crippen LogP contribution in [0.2, 0.25) is 0 Å². The lowest BCUT2D eigenvalue weighted by molar-refractivity contribution is -0.144. The summed E-state index contributed by atoms with van der Waals surface area (Å²) in [5, 5.41) is 9.32. The molecule has 0 spiro atoms. The van der Waals surface area contributed by atoms with Gasteiger partial charge >= 0.3 is 12.1 Å². The molecule has 7 nitrogen and oxygen atoms in total. The van der Waals surface area contributed by atoms with Gasteiger partial charge in [0.05, 0.1) is 18.2 Å². The summed E-state index contributed by atoms with van der Waals surface area (Å²) in [5.41, 5.74) is 2.84. The molecule has 1 aromatic carbocycles. The third-order valence-electron chi connectivity index (χ3n) is 5.85. The summed E-state index contributed by atoms with van der Waals surface area (Å²) < 4.78 is 11.2. The van der Waals surface area contributed by atoms with Crippen LogP contribution in [0.5, 0.6) is 0 Å². The molecule has 30 heavy (non-hydrogen) atoms. The molecular weight excluding hydrogens is 384 g/mol. The topological polar surface area (TPSA) is 92.9 Å². The zero-order valence-electron chi connectivity index (χ0n) is 17.9. The Morgan fingerprint density at radius 2 is 2.03 bits per heavy atom. The van der Waals surface area contributed by atoms with Crippen molar-refractivity contribution in [2.45, 2.75) is 46.5 Å². The van der Waals surface area contributed by atoms with E-state index in [1.54, 1.807) is 4.90 Å². The van der Waals surface area contributed by atoms with Gasteiger partial charge < -0.3 is 19.2 Å². The Morgan fingerprint density at radius 1 is 1.30 bits per heavy atom. The molecule has 1 saturated heterocycles. The quantitative estimate of drug-likeness (QED) is 0.719. The molecule has 1 N–H and O–H groups in total. The number of hydrogen-bond donors (Lipinski definition) is 1. The first-order chi connectivity index (χ1) is 14.4. The number of piperidine rings is 1. The molecule has 0 bridgehead atoms. The van der Waals surface area contributed by atoms with Crippen molar-refractivity contribution in [2.24, 2.45) is 11.8 Å². The molecular formula is C23H30N2O5. The lowest BCUT2D eigenvalue weighted by Crippen LogP contribution is -2.41. The van der Waals surface area contributed by atoms with Crippen molar-refractivity contribution in [1.82, 2.24) is 9.88 Å². The minimum atomic E-state index is -0.744. The van der Waals surface area contributed by atoms with Crippen LogP contribution in [0.4, 0.5) is 4.79 Å². The molecule has 1 amide bonds. The zero-order valence-corrected chi connectivity index (χ0v) is 17.9. The molecule has 1 unspecified atom stereocenters. The molecule has 2 heterocycles. The number of carboxylic acid groups (broad SMARTS) is 1. The normalized spacial score (nSPS) is 15.8. The Bertz CT molecular complexity index is 883. The van der Waals surface area contributed by atoms with Crippen LogP contribution in [-0.2, 0) is 16.0 Å². The van der Waals surface area contributed by atoms with Crippen LogP contribution in [0.25, 0.3) is 11.5 Å². The third-order valence-corrected chi connectivity index (χ3v) is 5.85. The number of rotatable bonds is 7. The molecule has 162 valence electrons. The van der Waals surface area contributed by atoms with Gasteiger partial charge in [-0.15, -0.1) is 0 Å². The van der Waals surface area contributed by atoms with Crippen LogP contribution in [0.3, 0.4) is 0 Å². The number of nitrogens with zero attached hydrogens (tertiary/aromatic N) is 2. The number of carboxylic acids is 1. The van der Waals surface area contributed by atoms with Crippen LogP contribution in [0.15, 0.2) is 28.7 Å². The Balaban J connectivity index is 1.48. The first-order valence-corrected chi connectivity index (χ1v) is 10.6. The summed E-state index contributed by atoms with van der Waals surface area (Å²) in [6.07, 6.45) is 2.15. The monoisotopic (exact) mass is 414 g/mol. The molecule has 0 aliphatic carbocycles. The van der Waals surface area contributed by atoms with E-state index in [1.807, 2.05) is 45.0 Å². The molecule has 2 aromatic rings. The molecule has 3 rings (SSSR count). The average Bonchev–Trinajstić information content (AvgIpc) is 3.09. The van der Waals surface area contributed by atoms with Crippen molar-refractivity contribution >= 4 is 12.1 Å². The van der Waals surface area contributed by atoms with E-state index in [0.29, 0.717) is 44.7 Å². The SMILES string of the molecule is CCC(C(=O)O)C1CCN(C(=O)OCCc2nc(-c3cccc(C)c3)oc2C)CC1. The van der Waals surface area contributed by atoms with Gasteiger partial charge in [0.15, 0.2) is 0 Å². The number of amides is 1. The second kappa shape index (κ2) is 9.78. The molecule has 1 aromatic heterocycles. The fourth-order valence-corrected chi connectivity index (χ4v) is 4.08. The minimum absolute atomic E-state index is 0.120. The highest BCUT2D eigenvalue weighted by Crippen LogP contribution is 2.28. The Kier molecular flexibility index (Phi) is 7.13. The maximum absolute atomic E-state index is 12.4. The Labute approximate surface area is 177 Å². The standard InChI is InChI=1S/C23H30N2O5/c1-4-19(22(26)27)17-8-11-25(12-9-17)23(28)29-13-10-20-16(3)30-21(24-20)18-7-5-6-15(2)14-18/h5-7,14,17,19H,4,8-13H2,1-3H3,(H,26,27). The first kappa shape index (κ1) is 21.9. The molecule has 7 heteroatoms. The Hall–Kier alpha value is -2.83. The molecule has 0 radical (unpaired) electrons. The minimum Gasteiger partial charge on any atom is -0.481 e. The highest BCUT2D eigenvalue weighted by atomic mass is 16.6. The number of aryl methyl sites for hydroxylation is 2. The van der Waals surface area contributed by atoms with Gasteiger partial charge in [0.25, 0.3) is 0 Å². The smallest absolute Gasteiger partial charge is 0.409 e. The van der Waals surface area contributed by atoms with Crippen molar-refractivity contribution in [1.29, 1.82) is 0 Å². The number of oxazole rings is 1. The Morgan fingerprint density at radius 3 is 2.67 bits per heavy atom. The molecule has 1 fully saturated rings. The van der Waals surface area contributed by atoms with Gasteiger partial charge in [-0.3, -0.25) is 4.79 Å². The average molecular weight is 415 g/mol. The highest BCUT2D eigenvalue weighted by molar-refractivity contribution is 5.70. The largest absolute Gasteiger partial charge is 0.481 e. The van der Waals surface area contributed by atoms with Crippen LogP contribution >= 0.6 is 0 Å². The van der Waals surface area contributed by atoms with Crippen molar-refractivity contribution in [3.05, 3.63) is 41.3 Å². The number of aromatic nitrogens is 1. The lowest BCUT2D eigenvalue weighted by atomic mass is 9.83. The summed E-state index contributed by atoms with van der Waals surface area (Å²) in [7, 11) is 0. The highest BCUT2D eigenvalue weighted by Gasteiger charge is 2.31.